The van der Waals surface area contributed by atoms with Crippen LogP contribution in [0.1, 0.15) is 85.0 Å². The summed E-state index contributed by atoms with van der Waals surface area (Å²) in [5.74, 6) is 0. The minimum atomic E-state index is 0.585. The lowest BCUT2D eigenvalue weighted by Crippen LogP contribution is -2.10. The first-order valence-electron chi connectivity index (χ1n) is 6.91. The quantitative estimate of drug-likeness (QED) is 0.402. The van der Waals surface area contributed by atoms with Gasteiger partial charge in [-0.3, -0.25) is 0 Å². The maximum absolute atomic E-state index is 3.87. The summed E-state index contributed by atoms with van der Waals surface area (Å²) >= 11 is 0. The molecule has 91 valence electrons. The highest BCUT2D eigenvalue weighted by molar-refractivity contribution is 4.67. The molecule has 0 aromatic heterocycles. The summed E-state index contributed by atoms with van der Waals surface area (Å²) < 4.78 is 0. The van der Waals surface area contributed by atoms with E-state index in [1.165, 1.54) is 57.8 Å². The van der Waals surface area contributed by atoms with Gasteiger partial charge < -0.3 is 0 Å². The third-order valence-electron chi connectivity index (χ3n) is 3.28. The lowest BCUT2D eigenvalue weighted by molar-refractivity contribution is 0.291. The number of unbranched alkanes of at least 4 members (excludes halogenated alkanes) is 6. The van der Waals surface area contributed by atoms with Gasteiger partial charge in [0, 0.05) is 0 Å². The van der Waals surface area contributed by atoms with Gasteiger partial charge in [-0.25, -0.2) is 0 Å². The highest BCUT2D eigenvalue weighted by Crippen LogP contribution is 2.29. The molecule has 0 heteroatoms. The van der Waals surface area contributed by atoms with Crippen LogP contribution in [-0.4, -0.2) is 0 Å². The Bertz CT molecular complexity index is 124. The molecule has 0 fully saturated rings. The van der Waals surface area contributed by atoms with Gasteiger partial charge in [0.2, 0.25) is 0 Å². The van der Waals surface area contributed by atoms with E-state index in [1.54, 1.807) is 0 Å². The smallest absolute Gasteiger partial charge is 0.0354 e. The molecule has 0 aliphatic rings. The Morgan fingerprint density at radius 3 is 1.87 bits per heavy atom. The van der Waals surface area contributed by atoms with Crippen molar-refractivity contribution >= 4 is 0 Å². The van der Waals surface area contributed by atoms with Crippen molar-refractivity contribution in [1.82, 2.24) is 0 Å². The highest BCUT2D eigenvalue weighted by Gasteiger charge is 2.15. The molecule has 0 nitrogen and oxygen atoms in total. The van der Waals surface area contributed by atoms with Crippen molar-refractivity contribution in [1.29, 1.82) is 0 Å². The topological polar surface area (TPSA) is 0 Å². The zero-order chi connectivity index (χ0) is 11.6. The molecule has 0 spiro atoms. The van der Waals surface area contributed by atoms with Crippen LogP contribution in [-0.2, 0) is 0 Å². The Balaban J connectivity index is 3.22. The number of rotatable bonds is 10. The lowest BCUT2D eigenvalue weighted by Gasteiger charge is -2.23. The first-order chi connectivity index (χ1) is 7.12. The standard InChI is InChI=1S/C15H31/c1-5-7-8-9-10-11-12-14-15(3,4)13-6-2/h1,5-14H2,2-4H3. The van der Waals surface area contributed by atoms with Crippen LogP contribution in [0.3, 0.4) is 0 Å². The average Bonchev–Trinajstić information content (AvgIpc) is 2.16. The van der Waals surface area contributed by atoms with Crippen LogP contribution in [0.2, 0.25) is 0 Å². The summed E-state index contributed by atoms with van der Waals surface area (Å²) in [5, 5.41) is 0. The van der Waals surface area contributed by atoms with E-state index >= 15 is 0 Å². The normalized spacial score (nSPS) is 12.0. The minimum Gasteiger partial charge on any atom is -0.0654 e. The third-order valence-corrected chi connectivity index (χ3v) is 3.28. The first-order valence-corrected chi connectivity index (χ1v) is 6.91. The van der Waals surface area contributed by atoms with Crippen LogP contribution in [0.5, 0.6) is 0 Å². The van der Waals surface area contributed by atoms with Crippen molar-refractivity contribution in [3.05, 3.63) is 6.92 Å². The van der Waals surface area contributed by atoms with E-state index < -0.39 is 0 Å². The molecule has 0 aromatic carbocycles. The third kappa shape index (κ3) is 10.3. The van der Waals surface area contributed by atoms with E-state index in [-0.39, 0.29) is 0 Å². The number of hydrogen-bond donors (Lipinski definition) is 0. The fraction of sp³-hybridized carbons (Fsp3) is 0.933. The summed E-state index contributed by atoms with van der Waals surface area (Å²) in [7, 11) is 0. The fourth-order valence-electron chi connectivity index (χ4n) is 2.29. The summed E-state index contributed by atoms with van der Waals surface area (Å²) in [6.45, 7) is 11.0. The van der Waals surface area contributed by atoms with Gasteiger partial charge in [-0.15, -0.1) is 0 Å². The Kier molecular flexibility index (Phi) is 9.24. The zero-order valence-electron chi connectivity index (χ0n) is 11.3. The van der Waals surface area contributed by atoms with Crippen LogP contribution in [0.4, 0.5) is 0 Å². The Hall–Kier alpha value is 0. The van der Waals surface area contributed by atoms with Gasteiger partial charge in [-0.05, 0) is 18.3 Å². The van der Waals surface area contributed by atoms with Gasteiger partial charge in [0.15, 0.2) is 0 Å². The predicted octanol–water partition coefficient (Wildman–Crippen LogP) is 5.77. The molecule has 0 saturated heterocycles. The highest BCUT2D eigenvalue weighted by atomic mass is 14.2. The second-order valence-electron chi connectivity index (χ2n) is 5.64. The summed E-state index contributed by atoms with van der Waals surface area (Å²) in [4.78, 5) is 0. The average molecular weight is 211 g/mol. The van der Waals surface area contributed by atoms with Crippen molar-refractivity contribution in [3.63, 3.8) is 0 Å². The van der Waals surface area contributed by atoms with Crippen LogP contribution in [0.15, 0.2) is 0 Å². The lowest BCUT2D eigenvalue weighted by atomic mass is 9.83. The first kappa shape index (κ1) is 15.0. The summed E-state index contributed by atoms with van der Waals surface area (Å²) in [6, 6.07) is 0. The van der Waals surface area contributed by atoms with Crippen LogP contribution in [0, 0.1) is 12.3 Å². The van der Waals surface area contributed by atoms with Crippen LogP contribution < -0.4 is 0 Å². The Labute approximate surface area is 97.8 Å². The van der Waals surface area contributed by atoms with Gasteiger partial charge in [-0.1, -0.05) is 79.1 Å². The summed E-state index contributed by atoms with van der Waals surface area (Å²) in [5.41, 5.74) is 0.585. The van der Waals surface area contributed by atoms with E-state index in [0.717, 1.165) is 6.42 Å². The van der Waals surface area contributed by atoms with Gasteiger partial charge in [-0.2, -0.15) is 0 Å². The molecule has 0 saturated carbocycles. The van der Waals surface area contributed by atoms with E-state index in [9.17, 15) is 0 Å². The molecule has 0 aliphatic heterocycles. The molecule has 0 unspecified atom stereocenters. The Morgan fingerprint density at radius 1 is 0.800 bits per heavy atom. The van der Waals surface area contributed by atoms with Gasteiger partial charge in [0.05, 0.1) is 0 Å². The number of hydrogen-bond acceptors (Lipinski definition) is 0. The molecule has 0 amide bonds. The van der Waals surface area contributed by atoms with E-state index in [1.807, 2.05) is 0 Å². The maximum atomic E-state index is 3.87. The largest absolute Gasteiger partial charge is 0.0654 e. The van der Waals surface area contributed by atoms with Gasteiger partial charge in [0.1, 0.15) is 0 Å². The molecular weight excluding hydrogens is 180 g/mol. The van der Waals surface area contributed by atoms with Crippen molar-refractivity contribution in [3.8, 4) is 0 Å². The van der Waals surface area contributed by atoms with Crippen molar-refractivity contribution in [2.24, 2.45) is 5.41 Å². The molecule has 0 bridgehead atoms. The molecule has 0 N–H and O–H groups in total. The fourth-order valence-corrected chi connectivity index (χ4v) is 2.29. The van der Waals surface area contributed by atoms with E-state index in [0.29, 0.717) is 5.41 Å². The van der Waals surface area contributed by atoms with Crippen LogP contribution >= 0.6 is 0 Å². The van der Waals surface area contributed by atoms with Crippen molar-refractivity contribution < 1.29 is 0 Å². The summed E-state index contributed by atoms with van der Waals surface area (Å²) in [6.07, 6.45) is 13.7. The van der Waals surface area contributed by atoms with Gasteiger partial charge >= 0.3 is 0 Å². The van der Waals surface area contributed by atoms with Gasteiger partial charge in [0.25, 0.3) is 0 Å². The molecular formula is C15H31. The van der Waals surface area contributed by atoms with Crippen molar-refractivity contribution in [2.75, 3.05) is 0 Å². The van der Waals surface area contributed by atoms with E-state index in [4.69, 9.17) is 0 Å². The predicted molar refractivity (Wildman–Crippen MR) is 71.0 cm³/mol. The second kappa shape index (κ2) is 9.24. The van der Waals surface area contributed by atoms with Crippen molar-refractivity contribution in [2.45, 2.75) is 85.0 Å². The van der Waals surface area contributed by atoms with E-state index in [2.05, 4.69) is 27.7 Å². The zero-order valence-corrected chi connectivity index (χ0v) is 11.3. The molecule has 0 heterocycles. The molecule has 15 heavy (non-hydrogen) atoms. The monoisotopic (exact) mass is 211 g/mol. The SMILES string of the molecule is [CH2]CCCCCCCCC(C)(C)CCC. The maximum Gasteiger partial charge on any atom is -0.0354 e. The molecule has 0 aromatic rings. The van der Waals surface area contributed by atoms with Crippen LogP contribution in [0.25, 0.3) is 0 Å². The molecule has 0 aliphatic carbocycles. The molecule has 1 radical (unpaired) electrons. The second-order valence-corrected chi connectivity index (χ2v) is 5.64. The molecule has 0 rings (SSSR count). The Morgan fingerprint density at radius 2 is 1.33 bits per heavy atom. The minimum absolute atomic E-state index is 0.585. The molecule has 0 atom stereocenters.